The van der Waals surface area contributed by atoms with Gasteiger partial charge in [0.15, 0.2) is 0 Å². The van der Waals surface area contributed by atoms with E-state index in [-0.39, 0.29) is 30.5 Å². The molecule has 5 nitrogen and oxygen atoms in total. The highest BCUT2D eigenvalue weighted by Gasteiger charge is 2.37. The summed E-state index contributed by atoms with van der Waals surface area (Å²) in [5, 5.41) is 13.3. The van der Waals surface area contributed by atoms with Crippen LogP contribution in [-0.2, 0) is 9.53 Å². The Bertz CT molecular complexity index is 1010. The predicted octanol–water partition coefficient (Wildman–Crippen LogP) is 4.84. The normalized spacial score (nSPS) is 18.6. The Morgan fingerprint density at radius 3 is 2.48 bits per heavy atom. The van der Waals surface area contributed by atoms with Gasteiger partial charge in [-0.05, 0) is 47.0 Å². The first-order chi connectivity index (χ1) is 14.1. The third-order valence-corrected chi connectivity index (χ3v) is 5.62. The molecule has 3 aromatic carbocycles. The van der Waals surface area contributed by atoms with Gasteiger partial charge >= 0.3 is 5.97 Å². The minimum absolute atomic E-state index is 0.112. The van der Waals surface area contributed by atoms with Crippen LogP contribution in [0.4, 0.5) is 5.69 Å². The lowest BCUT2D eigenvalue weighted by Gasteiger charge is -2.44. The number of methoxy groups -OCH3 is 1. The Morgan fingerprint density at radius 1 is 1.07 bits per heavy atom. The molecule has 0 aliphatic carbocycles. The highest BCUT2D eigenvalue weighted by atomic mass is 79.9. The van der Waals surface area contributed by atoms with Gasteiger partial charge in [-0.3, -0.25) is 9.69 Å². The molecule has 1 aliphatic rings. The molecule has 0 saturated heterocycles. The van der Waals surface area contributed by atoms with E-state index in [0.717, 1.165) is 26.9 Å². The van der Waals surface area contributed by atoms with Gasteiger partial charge in [0.1, 0.15) is 11.9 Å². The third kappa shape index (κ3) is 3.99. The Balaban J connectivity index is 1.88. The number of fused-ring (bicyclic) bond motifs is 1. The van der Waals surface area contributed by atoms with Crippen LogP contribution >= 0.6 is 15.9 Å². The fourth-order valence-corrected chi connectivity index (χ4v) is 4.16. The van der Waals surface area contributed by atoms with Gasteiger partial charge < -0.3 is 15.2 Å². The molecule has 2 N–H and O–H groups in total. The Hall–Kier alpha value is -2.83. The van der Waals surface area contributed by atoms with Crippen LogP contribution in [0.1, 0.15) is 28.9 Å². The second-order valence-electron chi connectivity index (χ2n) is 6.93. The van der Waals surface area contributed by atoms with E-state index in [9.17, 15) is 9.90 Å². The van der Waals surface area contributed by atoms with E-state index in [1.807, 2.05) is 42.5 Å². The van der Waals surface area contributed by atoms with Gasteiger partial charge in [0, 0.05) is 10.2 Å². The summed E-state index contributed by atoms with van der Waals surface area (Å²) in [5.41, 5.74) is 4.10. The molecular formula is C23H21BrN2O3. The summed E-state index contributed by atoms with van der Waals surface area (Å²) in [5.74, 6) is -0.108. The Kier molecular flexibility index (Phi) is 5.56. The Labute approximate surface area is 178 Å². The van der Waals surface area contributed by atoms with Crippen molar-refractivity contribution in [2.24, 2.45) is 0 Å². The predicted molar refractivity (Wildman–Crippen MR) is 116 cm³/mol. The lowest BCUT2D eigenvalue weighted by atomic mass is 9.91. The van der Waals surface area contributed by atoms with Crippen LogP contribution in [-0.4, -0.2) is 29.6 Å². The van der Waals surface area contributed by atoms with E-state index < -0.39 is 0 Å². The first kappa shape index (κ1) is 19.5. The number of carbonyl (C=O) groups excluding carboxylic acids is 1. The van der Waals surface area contributed by atoms with Crippen molar-refractivity contribution in [3.63, 3.8) is 0 Å². The number of esters is 1. The van der Waals surface area contributed by atoms with Crippen LogP contribution in [0.15, 0.2) is 77.3 Å². The molecule has 0 bridgehead atoms. The number of nitrogens with zero attached hydrogens (tertiary/aromatic N) is 1. The minimum atomic E-state index is -0.310. The maximum absolute atomic E-state index is 12.3. The van der Waals surface area contributed by atoms with Crippen LogP contribution in [0.5, 0.6) is 5.75 Å². The molecule has 2 atom stereocenters. The van der Waals surface area contributed by atoms with Crippen LogP contribution in [0.3, 0.4) is 0 Å². The lowest BCUT2D eigenvalue weighted by Crippen LogP contribution is -2.44. The summed E-state index contributed by atoms with van der Waals surface area (Å²) in [4.78, 5) is 14.4. The van der Waals surface area contributed by atoms with Crippen molar-refractivity contribution >= 4 is 27.6 Å². The van der Waals surface area contributed by atoms with Crippen LogP contribution in [0.25, 0.3) is 0 Å². The molecule has 0 radical (unpaired) electrons. The van der Waals surface area contributed by atoms with Crippen molar-refractivity contribution in [3.05, 3.63) is 94.0 Å². The molecule has 1 aliphatic heterocycles. The van der Waals surface area contributed by atoms with Crippen molar-refractivity contribution in [3.8, 4) is 5.75 Å². The van der Waals surface area contributed by atoms with Gasteiger partial charge in [-0.1, -0.05) is 58.4 Å². The van der Waals surface area contributed by atoms with Crippen molar-refractivity contribution in [1.29, 1.82) is 0 Å². The number of anilines is 1. The fraction of sp³-hybridized carbons (Fsp3) is 0.174. The van der Waals surface area contributed by atoms with E-state index in [2.05, 4.69) is 44.3 Å². The van der Waals surface area contributed by atoms with Gasteiger partial charge in [0.05, 0.1) is 19.7 Å². The molecule has 29 heavy (non-hydrogen) atoms. The smallest absolute Gasteiger partial charge is 0.319 e. The summed E-state index contributed by atoms with van der Waals surface area (Å²) in [6, 6.07) is 23.1. The zero-order valence-corrected chi connectivity index (χ0v) is 17.5. The average molecular weight is 453 g/mol. The summed E-state index contributed by atoms with van der Waals surface area (Å²) < 4.78 is 5.97. The summed E-state index contributed by atoms with van der Waals surface area (Å²) in [6.07, 6.45) is -0.270. The van der Waals surface area contributed by atoms with Crippen molar-refractivity contribution < 1.29 is 14.6 Å². The number of hydrogen-bond donors (Lipinski definition) is 2. The SMILES string of the molecule is COC(=O)CN1[C@@H](c2ccccc2)c2cc(Br)ccc2N[C@H]1c1ccc(O)cc1. The molecule has 0 fully saturated rings. The number of rotatable bonds is 4. The molecule has 4 rings (SSSR count). The standard InChI is InChI=1S/C23H21BrN2O3/c1-29-21(28)14-26-22(15-5-3-2-4-6-15)19-13-17(24)9-12-20(19)25-23(26)16-7-10-18(27)11-8-16/h2-13,22-23,25,27H,14H2,1H3/t22-,23+/m0/s1. The van der Waals surface area contributed by atoms with Crippen LogP contribution < -0.4 is 5.32 Å². The van der Waals surface area contributed by atoms with Crippen LogP contribution in [0, 0.1) is 0 Å². The molecule has 6 heteroatoms. The number of phenolic OH excluding ortho intramolecular Hbond substituents is 1. The summed E-state index contributed by atoms with van der Waals surface area (Å²) in [7, 11) is 1.40. The van der Waals surface area contributed by atoms with Gasteiger partial charge in [-0.2, -0.15) is 0 Å². The zero-order chi connectivity index (χ0) is 20.4. The molecule has 0 amide bonds. The quantitative estimate of drug-likeness (QED) is 0.554. The molecule has 1 heterocycles. The number of benzene rings is 3. The molecule has 0 spiro atoms. The number of phenols is 1. The number of halogens is 1. The van der Waals surface area contributed by atoms with Gasteiger partial charge in [0.25, 0.3) is 0 Å². The van der Waals surface area contributed by atoms with Crippen molar-refractivity contribution in [2.75, 3.05) is 19.0 Å². The van der Waals surface area contributed by atoms with E-state index in [4.69, 9.17) is 4.74 Å². The monoisotopic (exact) mass is 452 g/mol. The molecule has 0 unspecified atom stereocenters. The first-order valence-corrected chi connectivity index (χ1v) is 10.1. The van der Waals surface area contributed by atoms with Gasteiger partial charge in [0.2, 0.25) is 0 Å². The maximum Gasteiger partial charge on any atom is 0.319 e. The van der Waals surface area contributed by atoms with E-state index in [0.29, 0.717) is 0 Å². The molecule has 0 aromatic heterocycles. The summed E-state index contributed by atoms with van der Waals surface area (Å²) in [6.45, 7) is 0.112. The second-order valence-corrected chi connectivity index (χ2v) is 7.85. The van der Waals surface area contributed by atoms with E-state index in [1.54, 1.807) is 12.1 Å². The number of hydrogen-bond acceptors (Lipinski definition) is 5. The molecule has 148 valence electrons. The largest absolute Gasteiger partial charge is 0.508 e. The average Bonchev–Trinajstić information content (AvgIpc) is 2.74. The lowest BCUT2D eigenvalue weighted by molar-refractivity contribution is -0.143. The number of ether oxygens (including phenoxy) is 1. The number of carbonyl (C=O) groups is 1. The van der Waals surface area contributed by atoms with Gasteiger partial charge in [-0.15, -0.1) is 0 Å². The van der Waals surface area contributed by atoms with E-state index >= 15 is 0 Å². The minimum Gasteiger partial charge on any atom is -0.508 e. The molecule has 3 aromatic rings. The highest BCUT2D eigenvalue weighted by molar-refractivity contribution is 9.10. The van der Waals surface area contributed by atoms with E-state index in [1.165, 1.54) is 7.11 Å². The second kappa shape index (κ2) is 8.27. The topological polar surface area (TPSA) is 61.8 Å². The Morgan fingerprint density at radius 2 is 1.79 bits per heavy atom. The van der Waals surface area contributed by atoms with Gasteiger partial charge in [-0.25, -0.2) is 0 Å². The third-order valence-electron chi connectivity index (χ3n) is 5.13. The van der Waals surface area contributed by atoms with Crippen molar-refractivity contribution in [2.45, 2.75) is 12.2 Å². The van der Waals surface area contributed by atoms with Crippen LogP contribution in [0.2, 0.25) is 0 Å². The van der Waals surface area contributed by atoms with Crippen molar-refractivity contribution in [1.82, 2.24) is 4.90 Å². The zero-order valence-electron chi connectivity index (χ0n) is 15.9. The maximum atomic E-state index is 12.3. The summed E-state index contributed by atoms with van der Waals surface area (Å²) >= 11 is 3.58. The molecular weight excluding hydrogens is 432 g/mol. The number of aromatic hydroxyl groups is 1. The molecule has 0 saturated carbocycles. The number of nitrogens with one attached hydrogen (secondary N) is 1. The fourth-order valence-electron chi connectivity index (χ4n) is 3.78. The first-order valence-electron chi connectivity index (χ1n) is 9.29. The highest BCUT2D eigenvalue weighted by Crippen LogP contribution is 2.44.